The Morgan fingerprint density at radius 3 is 2.58 bits per heavy atom. The Bertz CT molecular complexity index is 570. The third kappa shape index (κ3) is 3.51. The summed E-state index contributed by atoms with van der Waals surface area (Å²) in [6, 6.07) is 10.1. The normalized spacial score (nSPS) is 12.2. The van der Waals surface area contributed by atoms with E-state index in [-0.39, 0.29) is 17.5 Å². The highest BCUT2D eigenvalue weighted by atomic mass is 19.1. The van der Waals surface area contributed by atoms with Crippen LogP contribution in [0.25, 0.3) is 0 Å². The molecule has 0 fully saturated rings. The number of nitrogens with two attached hydrogens (primary N) is 1. The molecule has 0 saturated carbocycles. The zero-order chi connectivity index (χ0) is 13.8. The maximum Gasteiger partial charge on any atom is 0.166 e. The third-order valence-electron chi connectivity index (χ3n) is 2.61. The highest BCUT2D eigenvalue weighted by Gasteiger charge is 2.12. The molecule has 1 atom stereocenters. The summed E-state index contributed by atoms with van der Waals surface area (Å²) in [6.45, 7) is 1.83. The zero-order valence-corrected chi connectivity index (χ0v) is 10.6. The monoisotopic (exact) mass is 263 g/mol. The van der Waals surface area contributed by atoms with Crippen molar-refractivity contribution in [2.45, 2.75) is 19.4 Å². The van der Waals surface area contributed by atoms with Crippen molar-refractivity contribution in [2.75, 3.05) is 0 Å². The minimum absolute atomic E-state index is 0.102. The number of benzene rings is 2. The van der Waals surface area contributed by atoms with Gasteiger partial charge in [0.1, 0.15) is 11.6 Å². The summed E-state index contributed by atoms with van der Waals surface area (Å²) in [4.78, 5) is 0. The summed E-state index contributed by atoms with van der Waals surface area (Å²) in [6.07, 6.45) is 0.489. The molecule has 0 aliphatic carbocycles. The number of ether oxygens (including phenoxy) is 1. The lowest BCUT2D eigenvalue weighted by molar-refractivity contribution is 0.431. The van der Waals surface area contributed by atoms with E-state index in [2.05, 4.69) is 0 Å². The zero-order valence-electron chi connectivity index (χ0n) is 10.6. The predicted octanol–water partition coefficient (Wildman–Crippen LogP) is 3.65. The largest absolute Gasteiger partial charge is 0.454 e. The molecule has 0 aromatic heterocycles. The minimum atomic E-state index is -0.484. The minimum Gasteiger partial charge on any atom is -0.454 e. The van der Waals surface area contributed by atoms with Crippen molar-refractivity contribution in [1.29, 1.82) is 0 Å². The molecule has 0 amide bonds. The molecule has 4 heteroatoms. The van der Waals surface area contributed by atoms with Gasteiger partial charge in [0, 0.05) is 12.1 Å². The van der Waals surface area contributed by atoms with Crippen LogP contribution in [0.4, 0.5) is 8.78 Å². The molecule has 0 radical (unpaired) electrons. The number of rotatable bonds is 4. The topological polar surface area (TPSA) is 35.2 Å². The first-order chi connectivity index (χ1) is 9.06. The number of halogens is 2. The predicted molar refractivity (Wildman–Crippen MR) is 70.2 cm³/mol. The van der Waals surface area contributed by atoms with Crippen LogP contribution in [-0.4, -0.2) is 6.04 Å². The van der Waals surface area contributed by atoms with E-state index in [1.54, 1.807) is 18.2 Å². The van der Waals surface area contributed by atoms with Crippen molar-refractivity contribution in [3.05, 3.63) is 59.7 Å². The summed E-state index contributed by atoms with van der Waals surface area (Å²) < 4.78 is 32.4. The van der Waals surface area contributed by atoms with Gasteiger partial charge in [-0.25, -0.2) is 8.78 Å². The van der Waals surface area contributed by atoms with Gasteiger partial charge < -0.3 is 10.5 Å². The van der Waals surface area contributed by atoms with Gasteiger partial charge in [0.2, 0.25) is 0 Å². The number of para-hydroxylation sites is 1. The second-order valence-electron chi connectivity index (χ2n) is 4.47. The average Bonchev–Trinajstić information content (AvgIpc) is 2.33. The molecular weight excluding hydrogens is 248 g/mol. The van der Waals surface area contributed by atoms with Crippen molar-refractivity contribution in [2.24, 2.45) is 5.73 Å². The van der Waals surface area contributed by atoms with Crippen LogP contribution in [0.5, 0.6) is 11.5 Å². The fraction of sp³-hybridized carbons (Fsp3) is 0.200. The Balaban J connectivity index is 2.33. The molecule has 0 heterocycles. The van der Waals surface area contributed by atoms with Crippen molar-refractivity contribution in [3.63, 3.8) is 0 Å². The SMILES string of the molecule is CC(N)Cc1cccc(F)c1Oc1cccc(F)c1. The smallest absolute Gasteiger partial charge is 0.166 e. The molecule has 0 aliphatic rings. The Morgan fingerprint density at radius 1 is 1.16 bits per heavy atom. The lowest BCUT2D eigenvalue weighted by atomic mass is 10.1. The van der Waals surface area contributed by atoms with Gasteiger partial charge in [-0.1, -0.05) is 18.2 Å². The van der Waals surface area contributed by atoms with Gasteiger partial charge in [-0.05, 0) is 37.1 Å². The summed E-state index contributed by atoms with van der Waals surface area (Å²) in [5, 5.41) is 0. The Labute approximate surface area is 110 Å². The molecule has 2 nitrogen and oxygen atoms in total. The van der Waals surface area contributed by atoms with Crippen LogP contribution in [0, 0.1) is 11.6 Å². The van der Waals surface area contributed by atoms with E-state index < -0.39 is 11.6 Å². The molecule has 19 heavy (non-hydrogen) atoms. The molecule has 0 spiro atoms. The van der Waals surface area contributed by atoms with Gasteiger partial charge in [-0.3, -0.25) is 0 Å². The molecule has 0 bridgehead atoms. The molecule has 0 saturated heterocycles. The first kappa shape index (κ1) is 13.5. The summed E-state index contributed by atoms with van der Waals surface area (Å²) in [7, 11) is 0. The Kier molecular flexibility index (Phi) is 4.12. The van der Waals surface area contributed by atoms with Crippen molar-refractivity contribution in [3.8, 4) is 11.5 Å². The second kappa shape index (κ2) is 5.80. The second-order valence-corrected chi connectivity index (χ2v) is 4.47. The van der Waals surface area contributed by atoms with Crippen LogP contribution in [-0.2, 0) is 6.42 Å². The summed E-state index contributed by atoms with van der Waals surface area (Å²) >= 11 is 0. The van der Waals surface area contributed by atoms with E-state index in [0.29, 0.717) is 12.0 Å². The van der Waals surface area contributed by atoms with Crippen LogP contribution in [0.3, 0.4) is 0 Å². The number of hydrogen-bond acceptors (Lipinski definition) is 2. The molecule has 100 valence electrons. The Hall–Kier alpha value is -1.94. The molecule has 0 aliphatic heterocycles. The van der Waals surface area contributed by atoms with Gasteiger partial charge in [0.25, 0.3) is 0 Å². The van der Waals surface area contributed by atoms with Crippen molar-refractivity contribution in [1.82, 2.24) is 0 Å². The van der Waals surface area contributed by atoms with E-state index in [4.69, 9.17) is 10.5 Å². The highest BCUT2D eigenvalue weighted by molar-refractivity contribution is 5.39. The molecule has 2 N–H and O–H groups in total. The summed E-state index contributed by atoms with van der Waals surface area (Å²) in [5.74, 6) is -0.550. The van der Waals surface area contributed by atoms with E-state index in [1.807, 2.05) is 6.92 Å². The van der Waals surface area contributed by atoms with Gasteiger partial charge in [-0.15, -0.1) is 0 Å². The maximum atomic E-state index is 13.8. The van der Waals surface area contributed by atoms with E-state index >= 15 is 0 Å². The highest BCUT2D eigenvalue weighted by Crippen LogP contribution is 2.29. The summed E-state index contributed by atoms with van der Waals surface area (Å²) in [5.41, 5.74) is 6.39. The molecule has 1 unspecified atom stereocenters. The van der Waals surface area contributed by atoms with Gasteiger partial charge in [-0.2, -0.15) is 0 Å². The van der Waals surface area contributed by atoms with E-state index in [0.717, 1.165) is 0 Å². The van der Waals surface area contributed by atoms with Crippen LogP contribution in [0.1, 0.15) is 12.5 Å². The molecule has 2 rings (SSSR count). The van der Waals surface area contributed by atoms with Crippen LogP contribution in [0.2, 0.25) is 0 Å². The Morgan fingerprint density at radius 2 is 1.89 bits per heavy atom. The van der Waals surface area contributed by atoms with Gasteiger partial charge >= 0.3 is 0 Å². The number of hydrogen-bond donors (Lipinski definition) is 1. The van der Waals surface area contributed by atoms with E-state index in [9.17, 15) is 8.78 Å². The molecule has 2 aromatic carbocycles. The van der Waals surface area contributed by atoms with Crippen molar-refractivity contribution >= 4 is 0 Å². The van der Waals surface area contributed by atoms with Gasteiger partial charge in [0.05, 0.1) is 0 Å². The average molecular weight is 263 g/mol. The molecule has 2 aromatic rings. The van der Waals surface area contributed by atoms with Crippen LogP contribution >= 0.6 is 0 Å². The standard InChI is InChI=1S/C15H15F2NO/c1-10(18)8-11-4-2-7-14(17)15(11)19-13-6-3-5-12(16)9-13/h2-7,9-10H,8,18H2,1H3. The van der Waals surface area contributed by atoms with Crippen LogP contribution in [0.15, 0.2) is 42.5 Å². The lowest BCUT2D eigenvalue weighted by Gasteiger charge is -2.13. The van der Waals surface area contributed by atoms with E-state index in [1.165, 1.54) is 24.3 Å². The first-order valence-electron chi connectivity index (χ1n) is 6.02. The quantitative estimate of drug-likeness (QED) is 0.913. The fourth-order valence-electron chi connectivity index (χ4n) is 1.82. The van der Waals surface area contributed by atoms with Crippen LogP contribution < -0.4 is 10.5 Å². The maximum absolute atomic E-state index is 13.8. The molecular formula is C15H15F2NO. The third-order valence-corrected chi connectivity index (χ3v) is 2.61. The lowest BCUT2D eigenvalue weighted by Crippen LogP contribution is -2.18. The van der Waals surface area contributed by atoms with Gasteiger partial charge in [0.15, 0.2) is 11.6 Å². The first-order valence-corrected chi connectivity index (χ1v) is 6.02. The van der Waals surface area contributed by atoms with Crippen molar-refractivity contribution < 1.29 is 13.5 Å². The fourth-order valence-corrected chi connectivity index (χ4v) is 1.82.